The normalized spacial score (nSPS) is 28.2. The average Bonchev–Trinajstić information content (AvgIpc) is 2.66. The molecule has 2 amide bonds. The van der Waals surface area contributed by atoms with E-state index in [2.05, 4.69) is 24.1 Å². The predicted molar refractivity (Wildman–Crippen MR) is 73.6 cm³/mol. The molecule has 0 aromatic rings. The zero-order valence-electron chi connectivity index (χ0n) is 12.2. The van der Waals surface area contributed by atoms with E-state index in [1.807, 2.05) is 0 Å². The van der Waals surface area contributed by atoms with Gasteiger partial charge in [0, 0.05) is 13.1 Å². The van der Waals surface area contributed by atoms with Gasteiger partial charge in [-0.15, -0.1) is 0 Å². The molecule has 5 heteroatoms. The van der Waals surface area contributed by atoms with E-state index in [9.17, 15) is 9.59 Å². The van der Waals surface area contributed by atoms with Gasteiger partial charge in [0.25, 0.3) is 0 Å². The number of carbonyl (C=O) groups is 2. The Labute approximate surface area is 115 Å². The summed E-state index contributed by atoms with van der Waals surface area (Å²) in [5.74, 6) is 0.454. The van der Waals surface area contributed by atoms with E-state index in [0.717, 1.165) is 19.6 Å². The van der Waals surface area contributed by atoms with Crippen molar-refractivity contribution in [2.45, 2.75) is 45.2 Å². The van der Waals surface area contributed by atoms with Gasteiger partial charge in [-0.2, -0.15) is 0 Å². The third-order valence-corrected chi connectivity index (χ3v) is 4.63. The summed E-state index contributed by atoms with van der Waals surface area (Å²) in [4.78, 5) is 27.1. The number of likely N-dealkylation sites (N-methyl/N-ethyl adjacent to an activating group) is 1. The molecule has 2 heterocycles. The molecule has 0 bridgehead atoms. The number of likely N-dealkylation sites (tertiary alicyclic amines) is 2. The molecular weight excluding hydrogens is 242 g/mol. The van der Waals surface area contributed by atoms with Crippen molar-refractivity contribution in [3.05, 3.63) is 0 Å². The summed E-state index contributed by atoms with van der Waals surface area (Å²) in [5.41, 5.74) is 0. The SMILES string of the molecule is CCN1CCC(C(C)NC2CC(=O)N(C)C2=O)CC1. The summed E-state index contributed by atoms with van der Waals surface area (Å²) in [6.45, 7) is 7.74. The van der Waals surface area contributed by atoms with E-state index in [1.165, 1.54) is 17.7 Å². The highest BCUT2D eigenvalue weighted by Crippen LogP contribution is 2.22. The molecule has 2 aliphatic heterocycles. The molecule has 0 radical (unpaired) electrons. The van der Waals surface area contributed by atoms with Crippen LogP contribution >= 0.6 is 0 Å². The van der Waals surface area contributed by atoms with Crippen LogP contribution in [0.1, 0.15) is 33.1 Å². The summed E-state index contributed by atoms with van der Waals surface area (Å²) < 4.78 is 0. The smallest absolute Gasteiger partial charge is 0.246 e. The molecule has 2 fully saturated rings. The Morgan fingerprint density at radius 3 is 2.42 bits per heavy atom. The van der Waals surface area contributed by atoms with Crippen LogP contribution in [0, 0.1) is 5.92 Å². The number of imide groups is 1. The molecule has 19 heavy (non-hydrogen) atoms. The number of amides is 2. The Kier molecular flexibility index (Phi) is 4.58. The molecule has 0 aromatic carbocycles. The fourth-order valence-corrected chi connectivity index (χ4v) is 3.11. The average molecular weight is 267 g/mol. The second kappa shape index (κ2) is 6.01. The van der Waals surface area contributed by atoms with Crippen LogP contribution in [0.25, 0.3) is 0 Å². The first kappa shape index (κ1) is 14.5. The lowest BCUT2D eigenvalue weighted by atomic mass is 9.90. The molecule has 0 saturated carbocycles. The number of nitrogens with zero attached hydrogens (tertiary/aromatic N) is 2. The molecule has 2 aliphatic rings. The van der Waals surface area contributed by atoms with E-state index in [1.54, 1.807) is 7.05 Å². The monoisotopic (exact) mass is 267 g/mol. The molecule has 0 spiro atoms. The standard InChI is InChI=1S/C14H25N3O2/c1-4-17-7-5-11(6-8-17)10(2)15-12-9-13(18)16(3)14(12)19/h10-12,15H,4-9H2,1-3H3. The maximum atomic E-state index is 11.9. The van der Waals surface area contributed by atoms with E-state index < -0.39 is 0 Å². The quantitative estimate of drug-likeness (QED) is 0.752. The van der Waals surface area contributed by atoms with Crippen molar-refractivity contribution in [3.63, 3.8) is 0 Å². The van der Waals surface area contributed by atoms with Gasteiger partial charge in [-0.25, -0.2) is 0 Å². The molecule has 2 saturated heterocycles. The fraction of sp³-hybridized carbons (Fsp3) is 0.857. The van der Waals surface area contributed by atoms with Crippen LogP contribution < -0.4 is 5.32 Å². The van der Waals surface area contributed by atoms with E-state index in [-0.39, 0.29) is 17.9 Å². The second-order valence-electron chi connectivity index (χ2n) is 5.77. The van der Waals surface area contributed by atoms with Crippen LogP contribution in [0.15, 0.2) is 0 Å². The van der Waals surface area contributed by atoms with E-state index >= 15 is 0 Å². The Hall–Kier alpha value is -0.940. The number of rotatable bonds is 4. The van der Waals surface area contributed by atoms with Gasteiger partial charge in [-0.05, 0) is 45.3 Å². The first-order valence-electron chi connectivity index (χ1n) is 7.31. The van der Waals surface area contributed by atoms with Gasteiger partial charge < -0.3 is 10.2 Å². The van der Waals surface area contributed by atoms with Crippen molar-refractivity contribution in [1.29, 1.82) is 0 Å². The Morgan fingerprint density at radius 2 is 1.95 bits per heavy atom. The lowest BCUT2D eigenvalue weighted by Crippen LogP contribution is -2.47. The highest BCUT2D eigenvalue weighted by molar-refractivity contribution is 6.05. The minimum atomic E-state index is -0.309. The Balaban J connectivity index is 1.83. The summed E-state index contributed by atoms with van der Waals surface area (Å²) in [7, 11) is 1.57. The molecule has 108 valence electrons. The Bertz CT molecular complexity index is 351. The van der Waals surface area contributed by atoms with Crippen LogP contribution in [0.2, 0.25) is 0 Å². The molecule has 2 unspecified atom stereocenters. The third kappa shape index (κ3) is 3.15. The van der Waals surface area contributed by atoms with E-state index in [4.69, 9.17) is 0 Å². The van der Waals surface area contributed by atoms with Gasteiger partial charge in [0.2, 0.25) is 11.8 Å². The number of hydrogen-bond donors (Lipinski definition) is 1. The fourth-order valence-electron chi connectivity index (χ4n) is 3.11. The van der Waals surface area contributed by atoms with Crippen LogP contribution in [-0.4, -0.2) is 60.4 Å². The highest BCUT2D eigenvalue weighted by Gasteiger charge is 2.37. The van der Waals surface area contributed by atoms with Gasteiger partial charge in [0.05, 0.1) is 12.5 Å². The van der Waals surface area contributed by atoms with E-state index in [0.29, 0.717) is 18.4 Å². The zero-order chi connectivity index (χ0) is 14.0. The molecule has 2 rings (SSSR count). The molecule has 0 aliphatic carbocycles. The first-order chi connectivity index (χ1) is 9.02. The van der Waals surface area contributed by atoms with Crippen molar-refractivity contribution >= 4 is 11.8 Å². The van der Waals surface area contributed by atoms with Gasteiger partial charge in [-0.3, -0.25) is 14.5 Å². The van der Waals surface area contributed by atoms with Crippen molar-refractivity contribution in [3.8, 4) is 0 Å². The van der Waals surface area contributed by atoms with Crippen LogP contribution in [0.4, 0.5) is 0 Å². The molecule has 5 nitrogen and oxygen atoms in total. The minimum absolute atomic E-state index is 0.0736. The molecule has 0 aromatic heterocycles. The van der Waals surface area contributed by atoms with Crippen LogP contribution in [0.5, 0.6) is 0 Å². The lowest BCUT2D eigenvalue weighted by Gasteiger charge is -2.35. The topological polar surface area (TPSA) is 52.7 Å². The molecular formula is C14H25N3O2. The number of carbonyl (C=O) groups excluding carboxylic acids is 2. The van der Waals surface area contributed by atoms with Gasteiger partial charge >= 0.3 is 0 Å². The molecule has 1 N–H and O–H groups in total. The van der Waals surface area contributed by atoms with Gasteiger partial charge in [0.1, 0.15) is 0 Å². The maximum absolute atomic E-state index is 11.9. The van der Waals surface area contributed by atoms with Gasteiger partial charge in [-0.1, -0.05) is 6.92 Å². The lowest BCUT2D eigenvalue weighted by molar-refractivity contribution is -0.137. The molecule has 2 atom stereocenters. The third-order valence-electron chi connectivity index (χ3n) is 4.63. The van der Waals surface area contributed by atoms with Crippen LogP contribution in [0.3, 0.4) is 0 Å². The summed E-state index contributed by atoms with van der Waals surface area (Å²) >= 11 is 0. The Morgan fingerprint density at radius 1 is 1.32 bits per heavy atom. The second-order valence-corrected chi connectivity index (χ2v) is 5.77. The maximum Gasteiger partial charge on any atom is 0.246 e. The predicted octanol–water partition coefficient (Wildman–Crippen LogP) is 0.454. The summed E-state index contributed by atoms with van der Waals surface area (Å²) in [6.07, 6.45) is 2.66. The summed E-state index contributed by atoms with van der Waals surface area (Å²) in [5, 5.41) is 3.36. The van der Waals surface area contributed by atoms with Crippen molar-refractivity contribution < 1.29 is 9.59 Å². The summed E-state index contributed by atoms with van der Waals surface area (Å²) in [6, 6.07) is -0.0102. The van der Waals surface area contributed by atoms with Crippen LogP contribution in [-0.2, 0) is 9.59 Å². The van der Waals surface area contributed by atoms with Crippen molar-refractivity contribution in [1.82, 2.24) is 15.1 Å². The van der Waals surface area contributed by atoms with Crippen molar-refractivity contribution in [2.75, 3.05) is 26.7 Å². The minimum Gasteiger partial charge on any atom is -0.304 e. The largest absolute Gasteiger partial charge is 0.304 e. The van der Waals surface area contributed by atoms with Crippen molar-refractivity contribution in [2.24, 2.45) is 5.92 Å². The number of piperidine rings is 1. The van der Waals surface area contributed by atoms with Gasteiger partial charge in [0.15, 0.2) is 0 Å². The zero-order valence-corrected chi connectivity index (χ0v) is 12.2. The number of nitrogens with one attached hydrogen (secondary N) is 1. The first-order valence-corrected chi connectivity index (χ1v) is 7.31. The highest BCUT2D eigenvalue weighted by atomic mass is 16.2. The number of hydrogen-bond acceptors (Lipinski definition) is 4.